The minimum Gasteiger partial charge on any atom is -0.460 e. The largest absolute Gasteiger partial charge is 0.460 e. The zero-order valence-corrected chi connectivity index (χ0v) is 9.97. The van der Waals surface area contributed by atoms with E-state index in [0.717, 1.165) is 5.39 Å². The van der Waals surface area contributed by atoms with Gasteiger partial charge in [-0.3, -0.25) is 10.1 Å². The predicted octanol–water partition coefficient (Wildman–Crippen LogP) is 0.848. The smallest absolute Gasteiger partial charge is 0.321 e. The van der Waals surface area contributed by atoms with Crippen LogP contribution in [0.25, 0.3) is 11.0 Å². The van der Waals surface area contributed by atoms with Gasteiger partial charge in [-0.1, -0.05) is 18.2 Å². The maximum atomic E-state index is 11.8. The SMILES string of the molecule is O=C1NCC(c2oc3ccccc3c2CO)C(=O)N1. The van der Waals surface area contributed by atoms with Gasteiger partial charge in [-0.05, 0) is 6.07 Å². The first-order chi connectivity index (χ1) is 9.20. The molecule has 3 rings (SSSR count). The third-order valence-corrected chi connectivity index (χ3v) is 3.22. The monoisotopic (exact) mass is 260 g/mol. The Bertz CT molecular complexity index is 662. The molecule has 1 aliphatic rings. The quantitative estimate of drug-likeness (QED) is 0.746. The molecule has 6 heteroatoms. The normalized spacial score (nSPS) is 19.3. The molecule has 2 aromatic rings. The lowest BCUT2D eigenvalue weighted by Crippen LogP contribution is -2.51. The number of amides is 3. The van der Waals surface area contributed by atoms with Crippen LogP contribution >= 0.6 is 0 Å². The molecule has 0 spiro atoms. The second-order valence-corrected chi connectivity index (χ2v) is 4.35. The zero-order valence-electron chi connectivity index (χ0n) is 9.97. The number of urea groups is 1. The van der Waals surface area contributed by atoms with Crippen LogP contribution in [0.4, 0.5) is 4.79 Å². The standard InChI is InChI=1S/C13H12N2O4/c16-6-9-7-3-1-2-4-10(7)19-11(9)8-5-14-13(18)15-12(8)17/h1-4,8,16H,5-6H2,(H2,14,15,17,18). The molecular formula is C13H12N2O4. The van der Waals surface area contributed by atoms with Crippen molar-refractivity contribution < 1.29 is 19.1 Å². The van der Waals surface area contributed by atoms with E-state index in [9.17, 15) is 14.7 Å². The Kier molecular flexibility index (Phi) is 2.72. The maximum Gasteiger partial charge on any atom is 0.321 e. The molecule has 1 atom stereocenters. The summed E-state index contributed by atoms with van der Waals surface area (Å²) in [5.41, 5.74) is 1.21. The highest BCUT2D eigenvalue weighted by atomic mass is 16.3. The molecule has 1 fully saturated rings. The second kappa shape index (κ2) is 4.40. The average molecular weight is 260 g/mol. The number of furan rings is 1. The van der Waals surface area contributed by atoms with Gasteiger partial charge in [-0.15, -0.1) is 0 Å². The number of hydrogen-bond acceptors (Lipinski definition) is 4. The summed E-state index contributed by atoms with van der Waals surface area (Å²) < 4.78 is 5.66. The number of carbonyl (C=O) groups is 2. The van der Waals surface area contributed by atoms with Crippen molar-refractivity contribution in [2.24, 2.45) is 0 Å². The van der Waals surface area contributed by atoms with Gasteiger partial charge in [0.1, 0.15) is 17.3 Å². The number of benzene rings is 1. The highest BCUT2D eigenvalue weighted by molar-refractivity contribution is 6.00. The van der Waals surface area contributed by atoms with Crippen LogP contribution in [0, 0.1) is 0 Å². The summed E-state index contributed by atoms with van der Waals surface area (Å²) in [4.78, 5) is 22.9. The van der Waals surface area contributed by atoms with Crippen molar-refractivity contribution in [3.05, 3.63) is 35.6 Å². The Balaban J connectivity index is 2.09. The molecule has 3 N–H and O–H groups in total. The van der Waals surface area contributed by atoms with Gasteiger partial charge in [0.25, 0.3) is 0 Å². The molecule has 0 saturated carbocycles. The third-order valence-electron chi connectivity index (χ3n) is 3.22. The Hall–Kier alpha value is -2.34. The number of aliphatic hydroxyl groups is 1. The van der Waals surface area contributed by atoms with Gasteiger partial charge in [-0.25, -0.2) is 4.79 Å². The lowest BCUT2D eigenvalue weighted by Gasteiger charge is -2.21. The number of fused-ring (bicyclic) bond motifs is 1. The topological polar surface area (TPSA) is 91.6 Å². The number of nitrogens with one attached hydrogen (secondary N) is 2. The van der Waals surface area contributed by atoms with Crippen LogP contribution in [0.15, 0.2) is 28.7 Å². The zero-order chi connectivity index (χ0) is 13.4. The molecule has 1 unspecified atom stereocenters. The predicted molar refractivity (Wildman–Crippen MR) is 66.4 cm³/mol. The molecule has 6 nitrogen and oxygen atoms in total. The molecule has 1 aliphatic heterocycles. The van der Waals surface area contributed by atoms with E-state index >= 15 is 0 Å². The van der Waals surface area contributed by atoms with E-state index in [1.54, 1.807) is 6.07 Å². The van der Waals surface area contributed by atoms with Crippen molar-refractivity contribution in [1.29, 1.82) is 0 Å². The van der Waals surface area contributed by atoms with Gasteiger partial charge in [-0.2, -0.15) is 0 Å². The molecule has 1 aromatic carbocycles. The minimum atomic E-state index is -0.618. The third kappa shape index (κ3) is 1.86. The van der Waals surface area contributed by atoms with Crippen molar-refractivity contribution in [1.82, 2.24) is 10.6 Å². The number of rotatable bonds is 2. The van der Waals surface area contributed by atoms with Gasteiger partial charge >= 0.3 is 6.03 Å². The van der Waals surface area contributed by atoms with E-state index < -0.39 is 17.9 Å². The van der Waals surface area contributed by atoms with Gasteiger partial charge in [0.15, 0.2) is 0 Å². The maximum absolute atomic E-state index is 11.8. The molecule has 1 saturated heterocycles. The van der Waals surface area contributed by atoms with Gasteiger partial charge < -0.3 is 14.8 Å². The fourth-order valence-corrected chi connectivity index (χ4v) is 2.30. The fourth-order valence-electron chi connectivity index (χ4n) is 2.30. The molecule has 19 heavy (non-hydrogen) atoms. The molecular weight excluding hydrogens is 248 g/mol. The van der Waals surface area contributed by atoms with Crippen LogP contribution in [-0.2, 0) is 11.4 Å². The van der Waals surface area contributed by atoms with Crippen molar-refractivity contribution in [2.45, 2.75) is 12.5 Å². The van der Waals surface area contributed by atoms with E-state index in [1.807, 2.05) is 18.2 Å². The van der Waals surface area contributed by atoms with E-state index in [1.165, 1.54) is 0 Å². The highest BCUT2D eigenvalue weighted by Gasteiger charge is 2.32. The fraction of sp³-hybridized carbons (Fsp3) is 0.231. The van der Waals surface area contributed by atoms with Gasteiger partial charge in [0.05, 0.1) is 6.61 Å². The van der Waals surface area contributed by atoms with Gasteiger partial charge in [0, 0.05) is 17.5 Å². The molecule has 0 bridgehead atoms. The summed E-state index contributed by atoms with van der Waals surface area (Å²) in [7, 11) is 0. The molecule has 1 aromatic heterocycles. The Morgan fingerprint density at radius 3 is 2.84 bits per heavy atom. The van der Waals surface area contributed by atoms with E-state index in [2.05, 4.69) is 10.6 Å². The first-order valence-electron chi connectivity index (χ1n) is 5.90. The van der Waals surface area contributed by atoms with Crippen LogP contribution in [0.1, 0.15) is 17.2 Å². The molecule has 2 heterocycles. The summed E-state index contributed by atoms with van der Waals surface area (Å²) in [6, 6.07) is 6.75. The molecule has 0 radical (unpaired) electrons. The summed E-state index contributed by atoms with van der Waals surface area (Å²) in [5, 5.41) is 15.0. The lowest BCUT2D eigenvalue weighted by atomic mass is 9.99. The number of aliphatic hydroxyl groups excluding tert-OH is 1. The number of para-hydroxylation sites is 1. The highest BCUT2D eigenvalue weighted by Crippen LogP contribution is 2.31. The average Bonchev–Trinajstić information content (AvgIpc) is 2.76. The number of carbonyl (C=O) groups excluding carboxylic acids is 2. The van der Waals surface area contributed by atoms with Crippen LogP contribution < -0.4 is 10.6 Å². The lowest BCUT2D eigenvalue weighted by molar-refractivity contribution is -0.122. The van der Waals surface area contributed by atoms with Crippen molar-refractivity contribution >= 4 is 22.9 Å². The summed E-state index contributed by atoms with van der Waals surface area (Å²) in [6.07, 6.45) is 0. The summed E-state index contributed by atoms with van der Waals surface area (Å²) in [6.45, 7) is -0.0540. The Morgan fingerprint density at radius 1 is 1.32 bits per heavy atom. The van der Waals surface area contributed by atoms with Crippen molar-refractivity contribution in [2.75, 3.05) is 6.54 Å². The Morgan fingerprint density at radius 2 is 2.11 bits per heavy atom. The van der Waals surface area contributed by atoms with Crippen LogP contribution in [0.3, 0.4) is 0 Å². The second-order valence-electron chi connectivity index (χ2n) is 4.35. The van der Waals surface area contributed by atoms with Crippen LogP contribution in [0.2, 0.25) is 0 Å². The molecule has 3 amide bonds. The number of hydrogen-bond donors (Lipinski definition) is 3. The van der Waals surface area contributed by atoms with Crippen LogP contribution in [-0.4, -0.2) is 23.6 Å². The Labute approximate surface area is 108 Å². The first-order valence-corrected chi connectivity index (χ1v) is 5.90. The summed E-state index contributed by atoms with van der Waals surface area (Å²) >= 11 is 0. The molecule has 0 aliphatic carbocycles. The van der Waals surface area contributed by atoms with Crippen LogP contribution in [0.5, 0.6) is 0 Å². The number of imide groups is 1. The first kappa shape index (κ1) is 11.7. The van der Waals surface area contributed by atoms with E-state index in [-0.39, 0.29) is 13.2 Å². The minimum absolute atomic E-state index is 0.164. The van der Waals surface area contributed by atoms with Gasteiger partial charge in [0.2, 0.25) is 5.91 Å². The van der Waals surface area contributed by atoms with Crippen molar-refractivity contribution in [3.8, 4) is 0 Å². The summed E-state index contributed by atoms with van der Waals surface area (Å²) in [5.74, 6) is -0.633. The van der Waals surface area contributed by atoms with E-state index in [0.29, 0.717) is 16.9 Å². The van der Waals surface area contributed by atoms with Crippen molar-refractivity contribution in [3.63, 3.8) is 0 Å². The molecule has 98 valence electrons. The van der Waals surface area contributed by atoms with E-state index in [4.69, 9.17) is 4.42 Å².